The molecule has 2 aromatic rings. The summed E-state index contributed by atoms with van der Waals surface area (Å²) in [6, 6.07) is 14.5. The highest BCUT2D eigenvalue weighted by Crippen LogP contribution is 2.29. The van der Waals surface area contributed by atoms with Gasteiger partial charge in [0.05, 0.1) is 16.6 Å². The van der Waals surface area contributed by atoms with Crippen LogP contribution in [0.2, 0.25) is 0 Å². The van der Waals surface area contributed by atoms with Crippen LogP contribution < -0.4 is 9.80 Å². The molecule has 0 aliphatic rings. The maximum Gasteiger partial charge on any atom is 0.293 e. The first-order valence-electron chi connectivity index (χ1n) is 7.08. The molecule has 0 bridgehead atoms. The van der Waals surface area contributed by atoms with E-state index in [0.717, 1.165) is 11.3 Å². The topological polar surface area (TPSA) is 73.4 Å². The highest BCUT2D eigenvalue weighted by molar-refractivity contribution is 5.65. The van der Waals surface area contributed by atoms with Gasteiger partial charge >= 0.3 is 0 Å². The molecule has 0 atom stereocenters. The smallest absolute Gasteiger partial charge is 0.293 e. The zero-order valence-corrected chi connectivity index (χ0v) is 13.4. The third-order valence-electron chi connectivity index (χ3n) is 3.56. The molecule has 0 aromatic heterocycles. The van der Waals surface area contributed by atoms with E-state index in [0.29, 0.717) is 12.2 Å². The van der Waals surface area contributed by atoms with Crippen LogP contribution in [0, 0.1) is 21.4 Å². The van der Waals surface area contributed by atoms with E-state index >= 15 is 0 Å². The van der Waals surface area contributed by atoms with Crippen molar-refractivity contribution in [2.24, 2.45) is 0 Å². The lowest BCUT2D eigenvalue weighted by atomic mass is 10.1. The molecule has 6 heteroatoms. The largest absolute Gasteiger partial charge is 0.378 e. The third-order valence-corrected chi connectivity index (χ3v) is 3.56. The SMILES string of the molecule is CN(C)c1cccc(CN(C)c2ccc(C#N)cc2[N+](=O)[O-])c1. The highest BCUT2D eigenvalue weighted by Gasteiger charge is 2.18. The summed E-state index contributed by atoms with van der Waals surface area (Å²) < 4.78 is 0. The van der Waals surface area contributed by atoms with E-state index in [1.54, 1.807) is 19.2 Å². The van der Waals surface area contributed by atoms with Crippen molar-refractivity contribution in [1.82, 2.24) is 0 Å². The Balaban J connectivity index is 2.31. The normalized spacial score (nSPS) is 10.0. The van der Waals surface area contributed by atoms with Crippen molar-refractivity contribution in [2.45, 2.75) is 6.54 Å². The Morgan fingerprint density at radius 1 is 1.17 bits per heavy atom. The average molecular weight is 310 g/mol. The summed E-state index contributed by atoms with van der Waals surface area (Å²) in [7, 11) is 5.74. The lowest BCUT2D eigenvalue weighted by molar-refractivity contribution is -0.384. The molecule has 23 heavy (non-hydrogen) atoms. The van der Waals surface area contributed by atoms with E-state index in [1.165, 1.54) is 6.07 Å². The molecule has 0 N–H and O–H groups in total. The molecule has 0 heterocycles. The minimum atomic E-state index is -0.455. The number of nitriles is 1. The van der Waals surface area contributed by atoms with Crippen molar-refractivity contribution in [2.75, 3.05) is 30.9 Å². The van der Waals surface area contributed by atoms with Crippen LogP contribution in [-0.2, 0) is 6.54 Å². The molecule has 0 unspecified atom stereocenters. The van der Waals surface area contributed by atoms with Gasteiger partial charge in [0.1, 0.15) is 5.69 Å². The maximum absolute atomic E-state index is 11.3. The first kappa shape index (κ1) is 16.3. The van der Waals surface area contributed by atoms with Crippen LogP contribution >= 0.6 is 0 Å². The van der Waals surface area contributed by atoms with Crippen molar-refractivity contribution in [3.63, 3.8) is 0 Å². The maximum atomic E-state index is 11.3. The second kappa shape index (κ2) is 6.79. The minimum absolute atomic E-state index is 0.0599. The van der Waals surface area contributed by atoms with Crippen LogP contribution in [0.25, 0.3) is 0 Å². The lowest BCUT2D eigenvalue weighted by Crippen LogP contribution is -2.18. The predicted octanol–water partition coefficient (Wildman–Crippen LogP) is 3.17. The number of rotatable bonds is 5. The van der Waals surface area contributed by atoms with E-state index in [-0.39, 0.29) is 11.3 Å². The molecular weight excluding hydrogens is 292 g/mol. The fraction of sp³-hybridized carbons (Fsp3) is 0.235. The quantitative estimate of drug-likeness (QED) is 0.626. The first-order chi connectivity index (χ1) is 10.9. The number of hydrogen-bond acceptors (Lipinski definition) is 5. The van der Waals surface area contributed by atoms with Gasteiger partial charge in [0.15, 0.2) is 0 Å². The Labute approximate surface area is 135 Å². The zero-order valence-electron chi connectivity index (χ0n) is 13.4. The van der Waals surface area contributed by atoms with Crippen LogP contribution in [0.15, 0.2) is 42.5 Å². The zero-order chi connectivity index (χ0) is 17.0. The molecule has 0 fully saturated rings. The van der Waals surface area contributed by atoms with E-state index < -0.39 is 4.92 Å². The van der Waals surface area contributed by atoms with Crippen LogP contribution in [0.1, 0.15) is 11.1 Å². The summed E-state index contributed by atoms with van der Waals surface area (Å²) >= 11 is 0. The number of nitrogens with zero attached hydrogens (tertiary/aromatic N) is 4. The van der Waals surface area contributed by atoms with Crippen molar-refractivity contribution < 1.29 is 4.92 Å². The Hall–Kier alpha value is -3.07. The second-order valence-corrected chi connectivity index (χ2v) is 5.49. The molecule has 0 radical (unpaired) electrons. The molecule has 0 aliphatic carbocycles. The third kappa shape index (κ3) is 3.77. The van der Waals surface area contributed by atoms with Crippen LogP contribution in [-0.4, -0.2) is 26.1 Å². The monoisotopic (exact) mass is 310 g/mol. The fourth-order valence-electron chi connectivity index (χ4n) is 2.35. The summed E-state index contributed by atoms with van der Waals surface area (Å²) in [4.78, 5) is 14.6. The summed E-state index contributed by atoms with van der Waals surface area (Å²) in [6.45, 7) is 0.536. The Kier molecular flexibility index (Phi) is 4.82. The van der Waals surface area contributed by atoms with Crippen molar-refractivity contribution >= 4 is 17.1 Å². The van der Waals surface area contributed by atoms with Crippen molar-refractivity contribution in [1.29, 1.82) is 5.26 Å². The molecule has 0 saturated heterocycles. The Morgan fingerprint density at radius 3 is 2.52 bits per heavy atom. The van der Waals surface area contributed by atoms with Gasteiger partial charge in [0, 0.05) is 39.4 Å². The van der Waals surface area contributed by atoms with Gasteiger partial charge in [-0.1, -0.05) is 12.1 Å². The molecule has 0 saturated carbocycles. The lowest BCUT2D eigenvalue weighted by Gasteiger charge is -2.20. The predicted molar refractivity (Wildman–Crippen MR) is 90.7 cm³/mol. The first-order valence-corrected chi connectivity index (χ1v) is 7.08. The number of hydrogen-bond donors (Lipinski definition) is 0. The second-order valence-electron chi connectivity index (χ2n) is 5.49. The fourth-order valence-corrected chi connectivity index (χ4v) is 2.35. The van der Waals surface area contributed by atoms with E-state index in [4.69, 9.17) is 5.26 Å². The summed E-state index contributed by atoms with van der Waals surface area (Å²) in [5.41, 5.74) is 2.84. The summed E-state index contributed by atoms with van der Waals surface area (Å²) in [5, 5.41) is 20.2. The van der Waals surface area contributed by atoms with Crippen LogP contribution in [0.4, 0.5) is 17.1 Å². The van der Waals surface area contributed by atoms with Gasteiger partial charge in [0.2, 0.25) is 0 Å². The van der Waals surface area contributed by atoms with Gasteiger partial charge < -0.3 is 9.80 Å². The molecule has 0 spiro atoms. The molecule has 0 aliphatic heterocycles. The summed E-state index contributed by atoms with van der Waals surface area (Å²) in [5.74, 6) is 0. The molecule has 2 rings (SSSR count). The summed E-state index contributed by atoms with van der Waals surface area (Å²) in [6.07, 6.45) is 0. The highest BCUT2D eigenvalue weighted by atomic mass is 16.6. The number of nitro benzene ring substituents is 1. The van der Waals surface area contributed by atoms with Crippen LogP contribution in [0.3, 0.4) is 0 Å². The van der Waals surface area contributed by atoms with E-state index in [1.807, 2.05) is 54.2 Å². The number of benzene rings is 2. The van der Waals surface area contributed by atoms with Gasteiger partial charge in [-0.05, 0) is 29.8 Å². The average Bonchev–Trinajstić information content (AvgIpc) is 2.54. The molecule has 6 nitrogen and oxygen atoms in total. The van der Waals surface area contributed by atoms with Gasteiger partial charge in [-0.15, -0.1) is 0 Å². The van der Waals surface area contributed by atoms with E-state index in [9.17, 15) is 10.1 Å². The Bertz CT molecular complexity index is 765. The molecular formula is C17H18N4O2. The molecule has 0 amide bonds. The van der Waals surface area contributed by atoms with Crippen LogP contribution in [0.5, 0.6) is 0 Å². The van der Waals surface area contributed by atoms with E-state index in [2.05, 4.69) is 0 Å². The van der Waals surface area contributed by atoms with Gasteiger partial charge in [-0.2, -0.15) is 5.26 Å². The van der Waals surface area contributed by atoms with Gasteiger partial charge in [0.25, 0.3) is 5.69 Å². The van der Waals surface area contributed by atoms with Gasteiger partial charge in [-0.25, -0.2) is 0 Å². The molecule has 118 valence electrons. The number of anilines is 2. The standard InChI is InChI=1S/C17H18N4O2/c1-19(2)15-6-4-5-14(9-15)12-20(3)16-8-7-13(11-18)10-17(16)21(22)23/h4-10H,12H2,1-3H3. The molecule has 2 aromatic carbocycles. The van der Waals surface area contributed by atoms with Crippen molar-refractivity contribution in [3.05, 3.63) is 63.7 Å². The minimum Gasteiger partial charge on any atom is -0.378 e. The Morgan fingerprint density at radius 2 is 1.91 bits per heavy atom. The van der Waals surface area contributed by atoms with Gasteiger partial charge in [-0.3, -0.25) is 10.1 Å². The van der Waals surface area contributed by atoms with Crippen molar-refractivity contribution in [3.8, 4) is 6.07 Å². The number of nitro groups is 1.